The van der Waals surface area contributed by atoms with Gasteiger partial charge < -0.3 is 16.2 Å². The van der Waals surface area contributed by atoms with Crippen LogP contribution in [0.15, 0.2) is 24.3 Å². The van der Waals surface area contributed by atoms with E-state index < -0.39 is 6.10 Å². The molecule has 0 saturated heterocycles. The quantitative estimate of drug-likeness (QED) is 0.647. The number of nitrogens with one attached hydrogen (secondary N) is 1. The third-order valence-electron chi connectivity index (χ3n) is 2.79. The third kappa shape index (κ3) is 1.74. The summed E-state index contributed by atoms with van der Waals surface area (Å²) in [5.41, 5.74) is 7.90. The fourth-order valence-electron chi connectivity index (χ4n) is 1.91. The highest BCUT2D eigenvalue weighted by Crippen LogP contribution is 2.25. The Labute approximate surface area is 83.9 Å². The maximum atomic E-state index is 9.62. The fourth-order valence-corrected chi connectivity index (χ4v) is 1.91. The van der Waals surface area contributed by atoms with Gasteiger partial charge >= 0.3 is 0 Å². The first-order valence-corrected chi connectivity index (χ1v) is 5.04. The molecule has 1 aromatic carbocycles. The van der Waals surface area contributed by atoms with Crippen LogP contribution in [0.1, 0.15) is 12.0 Å². The van der Waals surface area contributed by atoms with Gasteiger partial charge in [-0.2, -0.15) is 0 Å². The minimum absolute atomic E-state index is 0.106. The summed E-state index contributed by atoms with van der Waals surface area (Å²) < 4.78 is 0. The molecule has 2 atom stereocenters. The minimum Gasteiger partial charge on any atom is -0.390 e. The molecule has 0 radical (unpaired) electrons. The number of aryl methyl sites for hydroxylation is 1. The maximum absolute atomic E-state index is 9.62. The van der Waals surface area contributed by atoms with Crippen LogP contribution in [0.2, 0.25) is 0 Å². The van der Waals surface area contributed by atoms with Crippen molar-refractivity contribution in [3.05, 3.63) is 29.8 Å². The van der Waals surface area contributed by atoms with Gasteiger partial charge in [-0.05, 0) is 24.5 Å². The van der Waals surface area contributed by atoms with Crippen molar-refractivity contribution in [3.63, 3.8) is 0 Å². The number of rotatable bonds is 2. The molecule has 3 heteroatoms. The van der Waals surface area contributed by atoms with Gasteiger partial charge in [0, 0.05) is 12.2 Å². The van der Waals surface area contributed by atoms with E-state index >= 15 is 0 Å². The number of aliphatic hydroxyl groups is 1. The van der Waals surface area contributed by atoms with E-state index in [4.69, 9.17) is 5.73 Å². The van der Waals surface area contributed by atoms with Gasteiger partial charge in [0.25, 0.3) is 0 Å². The molecule has 0 spiro atoms. The Hall–Kier alpha value is -1.06. The van der Waals surface area contributed by atoms with Crippen LogP contribution < -0.4 is 11.1 Å². The second-order valence-electron chi connectivity index (χ2n) is 3.75. The molecule has 14 heavy (non-hydrogen) atoms. The van der Waals surface area contributed by atoms with E-state index in [9.17, 15) is 5.11 Å². The molecular weight excluding hydrogens is 176 g/mol. The van der Waals surface area contributed by atoms with E-state index in [0.29, 0.717) is 6.54 Å². The summed E-state index contributed by atoms with van der Waals surface area (Å²) in [5, 5.41) is 12.9. The number of hydrogen-bond donors (Lipinski definition) is 3. The van der Waals surface area contributed by atoms with E-state index in [0.717, 1.165) is 18.5 Å². The first-order valence-electron chi connectivity index (χ1n) is 5.04. The van der Waals surface area contributed by atoms with E-state index in [1.807, 2.05) is 18.2 Å². The zero-order valence-electron chi connectivity index (χ0n) is 8.11. The van der Waals surface area contributed by atoms with Gasteiger partial charge in [-0.1, -0.05) is 18.2 Å². The van der Waals surface area contributed by atoms with Crippen molar-refractivity contribution in [1.29, 1.82) is 0 Å². The summed E-state index contributed by atoms with van der Waals surface area (Å²) in [6.45, 7) is 0.319. The topological polar surface area (TPSA) is 58.3 Å². The number of benzene rings is 1. The van der Waals surface area contributed by atoms with Crippen LogP contribution in [0, 0.1) is 0 Å². The van der Waals surface area contributed by atoms with Crippen molar-refractivity contribution in [1.82, 2.24) is 0 Å². The zero-order valence-corrected chi connectivity index (χ0v) is 8.11. The van der Waals surface area contributed by atoms with Gasteiger partial charge in [0.2, 0.25) is 0 Å². The zero-order chi connectivity index (χ0) is 9.97. The second-order valence-corrected chi connectivity index (χ2v) is 3.75. The SMILES string of the molecule is NCC(O)C1CCc2ccccc2N1. The molecule has 0 fully saturated rings. The molecule has 1 aromatic rings. The number of aliphatic hydroxyl groups excluding tert-OH is 1. The van der Waals surface area contributed by atoms with Crippen LogP contribution in [0.5, 0.6) is 0 Å². The van der Waals surface area contributed by atoms with Gasteiger partial charge in [0.15, 0.2) is 0 Å². The van der Waals surface area contributed by atoms with Crippen LogP contribution in [-0.4, -0.2) is 23.8 Å². The van der Waals surface area contributed by atoms with Crippen molar-refractivity contribution in [3.8, 4) is 0 Å². The lowest BCUT2D eigenvalue weighted by atomic mass is 9.95. The predicted octanol–water partition coefficient (Wildman–Crippen LogP) is 0.733. The number of hydrogen-bond acceptors (Lipinski definition) is 3. The highest BCUT2D eigenvalue weighted by atomic mass is 16.3. The van der Waals surface area contributed by atoms with Gasteiger partial charge in [0.1, 0.15) is 0 Å². The maximum Gasteiger partial charge on any atom is 0.0863 e. The van der Waals surface area contributed by atoms with E-state index in [1.165, 1.54) is 5.56 Å². The molecule has 1 aliphatic rings. The molecule has 3 nitrogen and oxygen atoms in total. The van der Waals surface area contributed by atoms with Crippen LogP contribution in [0.3, 0.4) is 0 Å². The van der Waals surface area contributed by atoms with Crippen LogP contribution in [0.25, 0.3) is 0 Å². The van der Waals surface area contributed by atoms with Crippen LogP contribution >= 0.6 is 0 Å². The lowest BCUT2D eigenvalue weighted by molar-refractivity contribution is 0.155. The Balaban J connectivity index is 2.13. The molecule has 0 aromatic heterocycles. The summed E-state index contributed by atoms with van der Waals surface area (Å²) in [7, 11) is 0. The Kier molecular flexibility index (Phi) is 2.70. The van der Waals surface area contributed by atoms with E-state index in [1.54, 1.807) is 0 Å². The monoisotopic (exact) mass is 192 g/mol. The van der Waals surface area contributed by atoms with Gasteiger partial charge in [0.05, 0.1) is 12.1 Å². The molecule has 0 amide bonds. The average molecular weight is 192 g/mol. The van der Waals surface area contributed by atoms with Crippen molar-refractivity contribution in [2.75, 3.05) is 11.9 Å². The van der Waals surface area contributed by atoms with Gasteiger partial charge in [-0.15, -0.1) is 0 Å². The Morgan fingerprint density at radius 3 is 3.07 bits per heavy atom. The van der Waals surface area contributed by atoms with E-state index in [2.05, 4.69) is 11.4 Å². The molecule has 2 unspecified atom stereocenters. The smallest absolute Gasteiger partial charge is 0.0863 e. The Morgan fingerprint density at radius 1 is 1.50 bits per heavy atom. The van der Waals surface area contributed by atoms with Crippen molar-refractivity contribution in [2.45, 2.75) is 25.0 Å². The molecule has 1 aliphatic heterocycles. The van der Waals surface area contributed by atoms with Gasteiger partial charge in [-0.3, -0.25) is 0 Å². The summed E-state index contributed by atoms with van der Waals surface area (Å²) in [6, 6.07) is 8.32. The fraction of sp³-hybridized carbons (Fsp3) is 0.455. The lowest BCUT2D eigenvalue weighted by Gasteiger charge is -2.29. The highest BCUT2D eigenvalue weighted by molar-refractivity contribution is 5.53. The third-order valence-corrected chi connectivity index (χ3v) is 2.79. The second kappa shape index (κ2) is 3.98. The largest absolute Gasteiger partial charge is 0.390 e. The molecule has 2 rings (SSSR count). The van der Waals surface area contributed by atoms with Crippen molar-refractivity contribution < 1.29 is 5.11 Å². The predicted molar refractivity (Wildman–Crippen MR) is 57.2 cm³/mol. The number of nitrogens with two attached hydrogens (primary N) is 1. The molecule has 0 aliphatic carbocycles. The summed E-state index contributed by atoms with van der Waals surface area (Å²) in [4.78, 5) is 0. The standard InChI is InChI=1S/C11H16N2O/c12-7-11(14)10-6-5-8-3-1-2-4-9(8)13-10/h1-4,10-11,13-14H,5-7,12H2. The van der Waals surface area contributed by atoms with Crippen molar-refractivity contribution >= 4 is 5.69 Å². The van der Waals surface area contributed by atoms with Crippen molar-refractivity contribution in [2.24, 2.45) is 5.73 Å². The normalized spacial score (nSPS) is 22.3. The molecule has 0 saturated carbocycles. The number of fused-ring (bicyclic) bond motifs is 1. The molecule has 76 valence electrons. The minimum atomic E-state index is -0.441. The lowest BCUT2D eigenvalue weighted by Crippen LogP contribution is -2.41. The molecule has 0 bridgehead atoms. The Bertz CT molecular complexity index is 314. The van der Waals surface area contributed by atoms with E-state index in [-0.39, 0.29) is 6.04 Å². The van der Waals surface area contributed by atoms with Gasteiger partial charge in [-0.25, -0.2) is 0 Å². The summed E-state index contributed by atoms with van der Waals surface area (Å²) in [5.74, 6) is 0. The first kappa shape index (κ1) is 9.49. The number of para-hydroxylation sites is 1. The number of anilines is 1. The first-order chi connectivity index (χ1) is 6.81. The van der Waals surface area contributed by atoms with Crippen LogP contribution in [0.4, 0.5) is 5.69 Å². The summed E-state index contributed by atoms with van der Waals surface area (Å²) in [6.07, 6.45) is 1.53. The molecule has 1 heterocycles. The Morgan fingerprint density at radius 2 is 2.29 bits per heavy atom. The summed E-state index contributed by atoms with van der Waals surface area (Å²) >= 11 is 0. The average Bonchev–Trinajstić information content (AvgIpc) is 2.27. The molecule has 4 N–H and O–H groups in total. The highest BCUT2D eigenvalue weighted by Gasteiger charge is 2.22. The molecular formula is C11H16N2O. The van der Waals surface area contributed by atoms with Crippen LogP contribution in [-0.2, 0) is 6.42 Å².